The van der Waals surface area contributed by atoms with E-state index in [1.807, 2.05) is 13.8 Å². The molecule has 108 valence electrons. The molecule has 0 unspecified atom stereocenters. The van der Waals surface area contributed by atoms with Gasteiger partial charge >= 0.3 is 0 Å². The average molecular weight is 284 g/mol. The first kappa shape index (κ1) is 16.0. The highest BCUT2D eigenvalue weighted by Crippen LogP contribution is 2.23. The Bertz CT molecular complexity index is 375. The van der Waals surface area contributed by atoms with Crippen molar-refractivity contribution in [1.82, 2.24) is 0 Å². The number of amidine groups is 1. The fourth-order valence-electron chi connectivity index (χ4n) is 1.76. The van der Waals surface area contributed by atoms with E-state index in [1.54, 1.807) is 11.3 Å². The molecule has 0 aromatic carbocycles. The summed E-state index contributed by atoms with van der Waals surface area (Å²) in [6.45, 7) is 5.53. The van der Waals surface area contributed by atoms with Crippen LogP contribution < -0.4 is 5.73 Å². The number of hydrogen-bond donors (Lipinski definition) is 2. The smallest absolute Gasteiger partial charge is 0.144 e. The molecule has 1 aromatic rings. The second-order valence-electron chi connectivity index (χ2n) is 5.27. The van der Waals surface area contributed by atoms with Gasteiger partial charge in [-0.3, -0.25) is 0 Å². The molecule has 0 aliphatic rings. The lowest BCUT2D eigenvalue weighted by Gasteiger charge is -2.22. The van der Waals surface area contributed by atoms with E-state index in [4.69, 9.17) is 15.7 Å². The van der Waals surface area contributed by atoms with Crippen LogP contribution in [0.2, 0.25) is 0 Å². The maximum atomic E-state index is 8.67. The van der Waals surface area contributed by atoms with E-state index in [-0.39, 0.29) is 5.41 Å². The van der Waals surface area contributed by atoms with Crippen molar-refractivity contribution in [2.24, 2.45) is 16.3 Å². The number of thiophene rings is 1. The van der Waals surface area contributed by atoms with Gasteiger partial charge in [0.25, 0.3) is 0 Å². The molecule has 1 heterocycles. The summed E-state index contributed by atoms with van der Waals surface area (Å²) >= 11 is 1.77. The molecule has 1 aromatic heterocycles. The van der Waals surface area contributed by atoms with Gasteiger partial charge in [0, 0.05) is 23.3 Å². The molecular weight excluding hydrogens is 260 g/mol. The molecule has 3 N–H and O–H groups in total. The predicted octanol–water partition coefficient (Wildman–Crippen LogP) is 3.25. The topological polar surface area (TPSA) is 67.8 Å². The minimum Gasteiger partial charge on any atom is -0.409 e. The van der Waals surface area contributed by atoms with E-state index in [9.17, 15) is 0 Å². The molecule has 1 rings (SSSR count). The van der Waals surface area contributed by atoms with E-state index >= 15 is 0 Å². The molecule has 0 radical (unpaired) electrons. The summed E-state index contributed by atoms with van der Waals surface area (Å²) in [6, 6.07) is 4.20. The Morgan fingerprint density at radius 2 is 2.21 bits per heavy atom. The van der Waals surface area contributed by atoms with Crippen LogP contribution >= 0.6 is 11.3 Å². The van der Waals surface area contributed by atoms with Crippen molar-refractivity contribution in [3.05, 3.63) is 22.4 Å². The largest absolute Gasteiger partial charge is 0.409 e. The van der Waals surface area contributed by atoms with Crippen LogP contribution in [0, 0.1) is 5.41 Å². The molecule has 0 saturated carbocycles. The lowest BCUT2D eigenvalue weighted by Crippen LogP contribution is -2.31. The Kier molecular flexibility index (Phi) is 6.87. The van der Waals surface area contributed by atoms with Crippen molar-refractivity contribution in [2.45, 2.75) is 39.5 Å². The Morgan fingerprint density at radius 3 is 2.84 bits per heavy atom. The zero-order valence-electron chi connectivity index (χ0n) is 11.8. The van der Waals surface area contributed by atoms with Crippen molar-refractivity contribution in [1.29, 1.82) is 0 Å². The van der Waals surface area contributed by atoms with Gasteiger partial charge in [-0.15, -0.1) is 11.3 Å². The molecule has 0 bridgehead atoms. The first-order valence-corrected chi connectivity index (χ1v) is 7.52. The third kappa shape index (κ3) is 6.07. The third-order valence-electron chi connectivity index (χ3n) is 3.21. The van der Waals surface area contributed by atoms with Gasteiger partial charge in [0.1, 0.15) is 5.84 Å². The number of unbranched alkanes of at least 4 members (excludes halogenated alkanes) is 1. The molecular formula is C14H24N2O2S. The van der Waals surface area contributed by atoms with Gasteiger partial charge < -0.3 is 15.7 Å². The minimum absolute atomic E-state index is 0.244. The summed E-state index contributed by atoms with van der Waals surface area (Å²) in [4.78, 5) is 1.37. The molecule has 0 spiro atoms. The van der Waals surface area contributed by atoms with E-state index in [2.05, 4.69) is 22.7 Å². The van der Waals surface area contributed by atoms with Crippen LogP contribution in [-0.4, -0.2) is 24.3 Å². The summed E-state index contributed by atoms with van der Waals surface area (Å²) in [7, 11) is 0. The molecule has 0 aliphatic heterocycles. The van der Waals surface area contributed by atoms with E-state index in [1.165, 1.54) is 4.88 Å². The molecule has 19 heavy (non-hydrogen) atoms. The highest BCUT2D eigenvalue weighted by Gasteiger charge is 2.22. The molecule has 5 heteroatoms. The van der Waals surface area contributed by atoms with Crippen LogP contribution in [0.25, 0.3) is 0 Å². The summed E-state index contributed by atoms with van der Waals surface area (Å²) in [5.41, 5.74) is 5.39. The monoisotopic (exact) mass is 284 g/mol. The molecule has 0 atom stereocenters. The number of nitrogens with zero attached hydrogens (tertiary/aromatic N) is 1. The molecule has 0 amide bonds. The van der Waals surface area contributed by atoms with Crippen molar-refractivity contribution < 1.29 is 9.94 Å². The zero-order chi connectivity index (χ0) is 14.1. The van der Waals surface area contributed by atoms with Crippen LogP contribution in [0.3, 0.4) is 0 Å². The van der Waals surface area contributed by atoms with Crippen LogP contribution in [0.15, 0.2) is 22.7 Å². The lowest BCUT2D eigenvalue weighted by atomic mass is 9.86. The Morgan fingerprint density at radius 1 is 1.42 bits per heavy atom. The van der Waals surface area contributed by atoms with Crippen LogP contribution in [-0.2, 0) is 11.2 Å². The second kappa shape index (κ2) is 8.17. The van der Waals surface area contributed by atoms with E-state index in [0.717, 1.165) is 38.9 Å². The molecule has 4 nitrogen and oxygen atoms in total. The van der Waals surface area contributed by atoms with Gasteiger partial charge in [0.05, 0.1) is 6.61 Å². The zero-order valence-corrected chi connectivity index (χ0v) is 12.6. The summed E-state index contributed by atoms with van der Waals surface area (Å²) in [5, 5.41) is 13.8. The number of hydrogen-bond acceptors (Lipinski definition) is 4. The summed E-state index contributed by atoms with van der Waals surface area (Å²) < 4.78 is 5.60. The summed E-state index contributed by atoms with van der Waals surface area (Å²) in [5.74, 6) is 0.297. The minimum atomic E-state index is -0.244. The van der Waals surface area contributed by atoms with Crippen molar-refractivity contribution >= 4 is 17.2 Å². The fraction of sp³-hybridized carbons (Fsp3) is 0.643. The maximum Gasteiger partial charge on any atom is 0.144 e. The molecule has 0 fully saturated rings. The van der Waals surface area contributed by atoms with E-state index < -0.39 is 0 Å². The van der Waals surface area contributed by atoms with Crippen molar-refractivity contribution in [2.75, 3.05) is 13.2 Å². The van der Waals surface area contributed by atoms with Crippen LogP contribution in [0.5, 0.6) is 0 Å². The van der Waals surface area contributed by atoms with Gasteiger partial charge in [0.2, 0.25) is 0 Å². The maximum absolute atomic E-state index is 8.67. The fourth-order valence-corrected chi connectivity index (χ4v) is 2.45. The van der Waals surface area contributed by atoms with Crippen molar-refractivity contribution in [3.63, 3.8) is 0 Å². The first-order chi connectivity index (χ1) is 9.06. The number of oxime groups is 1. The van der Waals surface area contributed by atoms with Gasteiger partial charge in [-0.05, 0) is 24.3 Å². The highest BCUT2D eigenvalue weighted by molar-refractivity contribution is 7.09. The number of rotatable bonds is 9. The van der Waals surface area contributed by atoms with E-state index in [0.29, 0.717) is 5.84 Å². The Balaban J connectivity index is 2.02. The quantitative estimate of drug-likeness (QED) is 0.240. The molecule has 0 aliphatic carbocycles. The summed E-state index contributed by atoms with van der Waals surface area (Å²) in [6.07, 6.45) is 3.92. The standard InChI is InChI=1S/C14H24N2O2S/c1-14(2,13(15)16-17)8-3-4-9-18-10-7-12-6-5-11-19-12/h5-6,11,17H,3-4,7-10H2,1-2H3,(H2,15,16). The van der Waals surface area contributed by atoms with Gasteiger partial charge in [-0.2, -0.15) is 0 Å². The third-order valence-corrected chi connectivity index (χ3v) is 4.15. The number of nitrogens with two attached hydrogens (primary N) is 1. The van der Waals surface area contributed by atoms with Gasteiger partial charge in [-0.1, -0.05) is 31.5 Å². The lowest BCUT2D eigenvalue weighted by molar-refractivity contribution is 0.132. The van der Waals surface area contributed by atoms with Gasteiger partial charge in [0.15, 0.2) is 0 Å². The Labute approximate surface area is 119 Å². The van der Waals surface area contributed by atoms with Crippen LogP contribution in [0.4, 0.5) is 0 Å². The SMILES string of the molecule is CC(C)(CCCCOCCc1cccs1)/C(N)=N/O. The Hall–Kier alpha value is -1.07. The number of ether oxygens (including phenoxy) is 1. The average Bonchev–Trinajstić information content (AvgIpc) is 2.89. The van der Waals surface area contributed by atoms with Gasteiger partial charge in [-0.25, -0.2) is 0 Å². The normalized spacial score (nSPS) is 12.8. The van der Waals surface area contributed by atoms with Crippen LogP contribution in [0.1, 0.15) is 38.0 Å². The molecule has 0 saturated heterocycles. The predicted molar refractivity (Wildman–Crippen MR) is 79.9 cm³/mol. The second-order valence-corrected chi connectivity index (χ2v) is 6.30. The first-order valence-electron chi connectivity index (χ1n) is 6.64. The highest BCUT2D eigenvalue weighted by atomic mass is 32.1. The van der Waals surface area contributed by atoms with Crippen molar-refractivity contribution in [3.8, 4) is 0 Å².